The van der Waals surface area contributed by atoms with Gasteiger partial charge in [0.2, 0.25) is 11.7 Å². The maximum Gasteiger partial charge on any atom is 0.306 e. The van der Waals surface area contributed by atoms with Crippen LogP contribution in [0.2, 0.25) is 0 Å². The molecule has 0 aromatic rings. The number of rotatable bonds is 10. The summed E-state index contributed by atoms with van der Waals surface area (Å²) in [6, 6.07) is -0.578. The van der Waals surface area contributed by atoms with Crippen molar-refractivity contribution in [2.75, 3.05) is 13.2 Å². The molecule has 3 N–H and O–H groups in total. The molecule has 1 aliphatic heterocycles. The summed E-state index contributed by atoms with van der Waals surface area (Å²) in [7, 11) is 0. The minimum atomic E-state index is -1.58. The van der Waals surface area contributed by atoms with Gasteiger partial charge >= 0.3 is 11.9 Å². The lowest BCUT2D eigenvalue weighted by Crippen LogP contribution is -2.58. The van der Waals surface area contributed by atoms with E-state index in [1.165, 1.54) is 5.57 Å². The molecule has 10 nitrogen and oxygen atoms in total. The Morgan fingerprint density at radius 1 is 1.00 bits per heavy atom. The average molecular weight is 630 g/mol. The zero-order chi connectivity index (χ0) is 32.8. The summed E-state index contributed by atoms with van der Waals surface area (Å²) in [5.41, 5.74) is -1.33. The summed E-state index contributed by atoms with van der Waals surface area (Å²) in [4.78, 5) is 62.4. The summed E-state index contributed by atoms with van der Waals surface area (Å²) >= 11 is 0. The fraction of sp³-hybridized carbons (Fsp3) is 0.800. The lowest BCUT2D eigenvalue weighted by Gasteiger charge is -2.58. The number of aliphatic carboxylic acids is 1. The molecule has 45 heavy (non-hydrogen) atoms. The minimum absolute atomic E-state index is 0.000254. The Labute approximate surface area is 266 Å². The monoisotopic (exact) mass is 629 g/mol. The van der Waals surface area contributed by atoms with Gasteiger partial charge in [0.05, 0.1) is 18.4 Å². The standard InChI is InChI=1S/C35H51NO9/c1-32(2)19-21(12-16-45-32)27(18-30(40)41)36-29(39)7-8-31(42)44-20-28(38)35(43)15-11-26-24-6-5-22-17-23(37)9-13-33(22,3)25(24)10-14-34(26,35)4/h17,21,24-27,43H,5-16,18-20H2,1-4H3,(H,36,39)(H,40,41)/t21-,24-,25+,26+,27-,33+,34+,35+/m1/s1. The fourth-order valence-electron chi connectivity index (χ4n) is 10.0. The lowest BCUT2D eigenvalue weighted by molar-refractivity contribution is -0.170. The first kappa shape index (κ1) is 33.8. The molecule has 8 atom stereocenters. The molecule has 1 amide bonds. The number of Topliss-reactive ketones (excluding diaryl/α,β-unsaturated/α-hetero) is 1. The molecule has 3 saturated carbocycles. The van der Waals surface area contributed by atoms with Crippen LogP contribution >= 0.6 is 0 Å². The molecule has 4 fully saturated rings. The lowest BCUT2D eigenvalue weighted by atomic mass is 9.46. The number of amides is 1. The summed E-state index contributed by atoms with van der Waals surface area (Å²) in [6.07, 6.45) is 8.41. The van der Waals surface area contributed by atoms with Crippen molar-refractivity contribution in [3.8, 4) is 0 Å². The Balaban J connectivity index is 1.13. The van der Waals surface area contributed by atoms with E-state index in [4.69, 9.17) is 9.47 Å². The molecule has 5 rings (SSSR count). The number of hydrogen-bond acceptors (Lipinski definition) is 8. The van der Waals surface area contributed by atoms with Crippen molar-refractivity contribution in [1.29, 1.82) is 0 Å². The second kappa shape index (κ2) is 12.5. The van der Waals surface area contributed by atoms with Gasteiger partial charge in [0, 0.05) is 30.9 Å². The van der Waals surface area contributed by atoms with Crippen molar-refractivity contribution < 1.29 is 43.7 Å². The molecule has 0 unspecified atom stereocenters. The summed E-state index contributed by atoms with van der Waals surface area (Å²) < 4.78 is 11.0. The van der Waals surface area contributed by atoms with Gasteiger partial charge in [-0.3, -0.25) is 24.0 Å². The van der Waals surface area contributed by atoms with Gasteiger partial charge < -0.3 is 25.0 Å². The van der Waals surface area contributed by atoms with Gasteiger partial charge in [0.15, 0.2) is 12.4 Å². The van der Waals surface area contributed by atoms with Gasteiger partial charge in [-0.1, -0.05) is 19.4 Å². The number of ether oxygens (including phenoxy) is 2. The van der Waals surface area contributed by atoms with Crippen molar-refractivity contribution in [3.63, 3.8) is 0 Å². The second-order valence-electron chi connectivity index (χ2n) is 15.5. The summed E-state index contributed by atoms with van der Waals surface area (Å²) in [6.45, 7) is 8.14. The predicted molar refractivity (Wildman–Crippen MR) is 164 cm³/mol. The number of fused-ring (bicyclic) bond motifs is 5. The molecule has 0 bridgehead atoms. The number of carboxylic acid groups (broad SMARTS) is 1. The van der Waals surface area contributed by atoms with E-state index in [0.717, 1.165) is 32.1 Å². The number of carboxylic acids is 1. The van der Waals surface area contributed by atoms with Crippen molar-refractivity contribution in [2.24, 2.45) is 34.5 Å². The van der Waals surface area contributed by atoms with Gasteiger partial charge in [-0.15, -0.1) is 0 Å². The molecule has 4 aliphatic carbocycles. The van der Waals surface area contributed by atoms with Gasteiger partial charge in [0.25, 0.3) is 0 Å². The first-order valence-electron chi connectivity index (χ1n) is 16.9. The summed E-state index contributed by atoms with van der Waals surface area (Å²) in [5, 5.41) is 24.1. The van der Waals surface area contributed by atoms with Crippen LogP contribution in [0.5, 0.6) is 0 Å². The van der Waals surface area contributed by atoms with E-state index in [1.54, 1.807) is 0 Å². The summed E-state index contributed by atoms with van der Waals surface area (Å²) in [5.74, 6) is -1.51. The van der Waals surface area contributed by atoms with Crippen LogP contribution in [-0.2, 0) is 33.4 Å². The number of nitrogens with one attached hydrogen (secondary N) is 1. The number of carbonyl (C=O) groups excluding carboxylic acids is 4. The van der Waals surface area contributed by atoms with E-state index in [2.05, 4.69) is 12.2 Å². The first-order valence-corrected chi connectivity index (χ1v) is 16.9. The Bertz CT molecular complexity index is 1260. The number of aliphatic hydroxyl groups is 1. The molecule has 5 aliphatic rings. The topological polar surface area (TPSA) is 156 Å². The van der Waals surface area contributed by atoms with E-state index in [9.17, 15) is 34.2 Å². The number of carbonyl (C=O) groups is 5. The van der Waals surface area contributed by atoms with Crippen LogP contribution in [0.1, 0.15) is 111 Å². The van der Waals surface area contributed by atoms with Crippen molar-refractivity contribution in [2.45, 2.75) is 128 Å². The third-order valence-corrected chi connectivity index (χ3v) is 12.5. The zero-order valence-corrected chi connectivity index (χ0v) is 27.3. The third kappa shape index (κ3) is 6.51. The van der Waals surface area contributed by atoms with Crippen LogP contribution in [0.25, 0.3) is 0 Å². The predicted octanol–water partition coefficient (Wildman–Crippen LogP) is 4.31. The molecule has 1 heterocycles. The molecule has 0 aromatic carbocycles. The highest BCUT2D eigenvalue weighted by Crippen LogP contribution is 2.67. The molecule has 250 valence electrons. The van der Waals surface area contributed by atoms with E-state index in [0.29, 0.717) is 50.5 Å². The van der Waals surface area contributed by atoms with Crippen molar-refractivity contribution in [1.82, 2.24) is 5.32 Å². The third-order valence-electron chi connectivity index (χ3n) is 12.5. The van der Waals surface area contributed by atoms with Gasteiger partial charge in [-0.25, -0.2) is 0 Å². The Kier molecular flexibility index (Phi) is 9.41. The first-order chi connectivity index (χ1) is 21.1. The van der Waals surface area contributed by atoms with E-state index in [-0.39, 0.29) is 42.3 Å². The van der Waals surface area contributed by atoms with Crippen LogP contribution in [0, 0.1) is 34.5 Å². The zero-order valence-electron chi connectivity index (χ0n) is 27.3. The van der Waals surface area contributed by atoms with E-state index in [1.807, 2.05) is 26.8 Å². The smallest absolute Gasteiger partial charge is 0.306 e. The normalized spacial score (nSPS) is 37.7. The Morgan fingerprint density at radius 2 is 1.73 bits per heavy atom. The fourth-order valence-corrected chi connectivity index (χ4v) is 10.0. The van der Waals surface area contributed by atoms with Crippen molar-refractivity contribution >= 4 is 29.4 Å². The van der Waals surface area contributed by atoms with E-state index >= 15 is 0 Å². The molecular formula is C35H51NO9. The van der Waals surface area contributed by atoms with Crippen LogP contribution < -0.4 is 5.32 Å². The maximum atomic E-state index is 13.5. The van der Waals surface area contributed by atoms with E-state index < -0.39 is 52.9 Å². The van der Waals surface area contributed by atoms with Gasteiger partial charge in [0.1, 0.15) is 5.60 Å². The maximum absolute atomic E-state index is 13.5. The molecule has 10 heteroatoms. The van der Waals surface area contributed by atoms with Gasteiger partial charge in [-0.2, -0.15) is 0 Å². The Morgan fingerprint density at radius 3 is 2.44 bits per heavy atom. The molecule has 0 radical (unpaired) electrons. The van der Waals surface area contributed by atoms with Crippen LogP contribution in [0.15, 0.2) is 11.6 Å². The molecule has 0 spiro atoms. The highest BCUT2D eigenvalue weighted by Gasteiger charge is 2.66. The highest BCUT2D eigenvalue weighted by atomic mass is 16.5. The number of allylic oxidation sites excluding steroid dienone is 1. The number of ketones is 2. The average Bonchev–Trinajstić information content (AvgIpc) is 3.25. The molecule has 1 saturated heterocycles. The second-order valence-corrected chi connectivity index (χ2v) is 15.5. The Hall–Kier alpha value is -2.59. The number of hydrogen-bond donors (Lipinski definition) is 3. The molecule has 0 aromatic heterocycles. The number of esters is 1. The largest absolute Gasteiger partial charge is 0.481 e. The SMILES string of the molecule is CC1(C)C[C@H]([C@@H](CC(=O)O)NC(=O)CCC(=O)OCC(=O)[C@@]2(O)CC[C@H]3[C@@H]4CCC5=CC(=O)CC[C@]5(C)[C@H]4CC[C@@]32C)CCO1. The van der Waals surface area contributed by atoms with Crippen LogP contribution in [0.4, 0.5) is 0 Å². The molecular weight excluding hydrogens is 578 g/mol. The van der Waals surface area contributed by atoms with Crippen LogP contribution in [-0.4, -0.2) is 70.1 Å². The quantitative estimate of drug-likeness (QED) is 0.300. The minimum Gasteiger partial charge on any atom is -0.481 e. The van der Waals surface area contributed by atoms with Crippen molar-refractivity contribution in [3.05, 3.63) is 11.6 Å². The van der Waals surface area contributed by atoms with Crippen LogP contribution in [0.3, 0.4) is 0 Å². The highest BCUT2D eigenvalue weighted by molar-refractivity contribution is 5.92. The van der Waals surface area contributed by atoms with Gasteiger partial charge in [-0.05, 0) is 107 Å².